The molecule has 0 aliphatic carbocycles. The minimum atomic E-state index is 0.462. The predicted octanol–water partition coefficient (Wildman–Crippen LogP) is 1.71. The third-order valence-electron chi connectivity index (χ3n) is 4.38. The molecule has 2 aliphatic heterocycles. The molecule has 2 saturated heterocycles. The van der Waals surface area contributed by atoms with E-state index in [0.29, 0.717) is 17.0 Å². The summed E-state index contributed by atoms with van der Waals surface area (Å²) in [4.78, 5) is 17.9. The highest BCUT2D eigenvalue weighted by molar-refractivity contribution is 6.29. The molecular formula is C16H18ClN5O. The summed E-state index contributed by atoms with van der Waals surface area (Å²) in [6.45, 7) is 5.66. The number of piperazine rings is 1. The van der Waals surface area contributed by atoms with Gasteiger partial charge in [0, 0.05) is 50.2 Å². The molecule has 2 aliphatic rings. The van der Waals surface area contributed by atoms with E-state index in [0.717, 1.165) is 50.8 Å². The second kappa shape index (κ2) is 6.39. The van der Waals surface area contributed by atoms with Crippen molar-refractivity contribution in [2.45, 2.75) is 6.04 Å². The van der Waals surface area contributed by atoms with Crippen LogP contribution >= 0.6 is 11.6 Å². The maximum atomic E-state index is 6.20. The van der Waals surface area contributed by atoms with Crippen LogP contribution < -0.4 is 4.90 Å². The van der Waals surface area contributed by atoms with E-state index in [9.17, 15) is 0 Å². The zero-order valence-corrected chi connectivity index (χ0v) is 13.5. The van der Waals surface area contributed by atoms with E-state index >= 15 is 0 Å². The van der Waals surface area contributed by atoms with E-state index in [2.05, 4.69) is 24.8 Å². The molecule has 2 fully saturated rings. The van der Waals surface area contributed by atoms with Crippen LogP contribution in [0.2, 0.25) is 5.15 Å². The van der Waals surface area contributed by atoms with Crippen LogP contribution in [0.25, 0.3) is 11.4 Å². The van der Waals surface area contributed by atoms with Crippen molar-refractivity contribution in [3.63, 3.8) is 0 Å². The average Bonchev–Trinajstić information content (AvgIpc) is 2.54. The Balaban J connectivity index is 1.52. The van der Waals surface area contributed by atoms with Crippen LogP contribution in [0.1, 0.15) is 0 Å². The van der Waals surface area contributed by atoms with Crippen molar-refractivity contribution in [3.8, 4) is 11.4 Å². The Labute approximate surface area is 140 Å². The Morgan fingerprint density at radius 1 is 1.13 bits per heavy atom. The lowest BCUT2D eigenvalue weighted by Crippen LogP contribution is -2.56. The van der Waals surface area contributed by atoms with Crippen LogP contribution in [0.3, 0.4) is 0 Å². The number of nitrogens with zero attached hydrogens (tertiary/aromatic N) is 5. The second-order valence-electron chi connectivity index (χ2n) is 5.83. The minimum absolute atomic E-state index is 0.462. The van der Waals surface area contributed by atoms with Gasteiger partial charge >= 0.3 is 0 Å². The van der Waals surface area contributed by atoms with Gasteiger partial charge in [-0.25, -0.2) is 9.97 Å². The van der Waals surface area contributed by atoms with Crippen LogP contribution in [0.4, 0.5) is 5.82 Å². The van der Waals surface area contributed by atoms with E-state index in [1.165, 1.54) is 0 Å². The van der Waals surface area contributed by atoms with Crippen LogP contribution in [-0.2, 0) is 4.74 Å². The molecule has 0 N–H and O–H groups in total. The lowest BCUT2D eigenvalue weighted by Gasteiger charge is -2.42. The Bertz CT molecular complexity index is 671. The first-order valence-electron chi connectivity index (χ1n) is 7.81. The highest BCUT2D eigenvalue weighted by atomic mass is 35.5. The van der Waals surface area contributed by atoms with Crippen LogP contribution in [0.5, 0.6) is 0 Å². The number of rotatable bonds is 3. The summed E-state index contributed by atoms with van der Waals surface area (Å²) in [5.74, 6) is 1.50. The first-order chi connectivity index (χ1) is 11.3. The highest BCUT2D eigenvalue weighted by Crippen LogP contribution is 2.23. The molecule has 0 aromatic carbocycles. The third kappa shape index (κ3) is 3.15. The molecule has 0 radical (unpaired) electrons. The Kier molecular flexibility index (Phi) is 4.11. The molecule has 4 heterocycles. The first-order valence-corrected chi connectivity index (χ1v) is 8.19. The van der Waals surface area contributed by atoms with E-state index < -0.39 is 0 Å². The SMILES string of the molecule is Clc1cc(N2CCN(C3COC3)CC2)nc(-c2cccnc2)n1. The fourth-order valence-corrected chi connectivity index (χ4v) is 3.12. The number of hydrogen-bond acceptors (Lipinski definition) is 6. The lowest BCUT2D eigenvalue weighted by molar-refractivity contribution is -0.0660. The van der Waals surface area contributed by atoms with Crippen LogP contribution in [0.15, 0.2) is 30.6 Å². The number of halogens is 1. The maximum absolute atomic E-state index is 6.20. The summed E-state index contributed by atoms with van der Waals surface area (Å²) in [6, 6.07) is 6.25. The van der Waals surface area contributed by atoms with E-state index in [1.54, 1.807) is 12.4 Å². The number of ether oxygens (including phenoxy) is 1. The second-order valence-corrected chi connectivity index (χ2v) is 6.22. The number of hydrogen-bond donors (Lipinski definition) is 0. The van der Waals surface area contributed by atoms with Crippen molar-refractivity contribution in [1.29, 1.82) is 0 Å². The molecule has 0 saturated carbocycles. The summed E-state index contributed by atoms with van der Waals surface area (Å²) in [7, 11) is 0. The van der Waals surface area contributed by atoms with Gasteiger partial charge in [0.05, 0.1) is 19.3 Å². The van der Waals surface area contributed by atoms with Gasteiger partial charge in [-0.2, -0.15) is 0 Å². The molecule has 23 heavy (non-hydrogen) atoms. The molecule has 2 aromatic rings. The van der Waals surface area contributed by atoms with Gasteiger partial charge in [-0.3, -0.25) is 9.88 Å². The molecule has 0 atom stereocenters. The Morgan fingerprint density at radius 3 is 2.61 bits per heavy atom. The number of anilines is 1. The Hall–Kier alpha value is -1.76. The molecule has 0 amide bonds. The fourth-order valence-electron chi connectivity index (χ4n) is 2.94. The van der Waals surface area contributed by atoms with Crippen molar-refractivity contribution in [1.82, 2.24) is 19.9 Å². The van der Waals surface area contributed by atoms with Gasteiger partial charge in [0.2, 0.25) is 0 Å². The summed E-state index contributed by atoms with van der Waals surface area (Å²) < 4.78 is 5.28. The monoisotopic (exact) mass is 331 g/mol. The fraction of sp³-hybridized carbons (Fsp3) is 0.438. The summed E-state index contributed by atoms with van der Waals surface area (Å²) >= 11 is 6.20. The summed E-state index contributed by atoms with van der Waals surface area (Å²) in [6.07, 6.45) is 3.49. The van der Waals surface area contributed by atoms with Gasteiger partial charge in [0.25, 0.3) is 0 Å². The topological polar surface area (TPSA) is 54.4 Å². The largest absolute Gasteiger partial charge is 0.378 e. The molecule has 2 aromatic heterocycles. The predicted molar refractivity (Wildman–Crippen MR) is 88.7 cm³/mol. The van der Waals surface area contributed by atoms with Gasteiger partial charge in [-0.1, -0.05) is 11.6 Å². The molecule has 7 heteroatoms. The number of pyridine rings is 1. The molecule has 4 rings (SSSR count). The normalized spacial score (nSPS) is 19.6. The van der Waals surface area contributed by atoms with Crippen LogP contribution in [-0.4, -0.2) is 65.3 Å². The van der Waals surface area contributed by atoms with Crippen molar-refractivity contribution in [2.24, 2.45) is 0 Å². The van der Waals surface area contributed by atoms with Crippen molar-refractivity contribution >= 4 is 17.4 Å². The van der Waals surface area contributed by atoms with Crippen molar-refractivity contribution in [2.75, 3.05) is 44.3 Å². The van der Waals surface area contributed by atoms with Crippen LogP contribution in [0, 0.1) is 0 Å². The minimum Gasteiger partial charge on any atom is -0.378 e. The van der Waals surface area contributed by atoms with Gasteiger partial charge < -0.3 is 9.64 Å². The van der Waals surface area contributed by atoms with E-state index in [-0.39, 0.29) is 0 Å². The average molecular weight is 332 g/mol. The van der Waals surface area contributed by atoms with Crippen molar-refractivity contribution < 1.29 is 4.74 Å². The van der Waals surface area contributed by atoms with E-state index in [4.69, 9.17) is 16.3 Å². The van der Waals surface area contributed by atoms with Gasteiger partial charge in [-0.05, 0) is 12.1 Å². The molecular weight excluding hydrogens is 314 g/mol. The molecule has 6 nitrogen and oxygen atoms in total. The van der Waals surface area contributed by atoms with Gasteiger partial charge in [-0.15, -0.1) is 0 Å². The quantitative estimate of drug-likeness (QED) is 0.798. The maximum Gasteiger partial charge on any atom is 0.164 e. The standard InChI is InChI=1S/C16H18ClN5O/c17-14-8-15(20-16(19-14)12-2-1-3-18-9-12)22-6-4-21(5-7-22)13-10-23-11-13/h1-3,8-9,13H,4-7,10-11H2. The number of aromatic nitrogens is 3. The molecule has 0 bridgehead atoms. The summed E-state index contributed by atoms with van der Waals surface area (Å²) in [5, 5.41) is 0.462. The molecule has 120 valence electrons. The van der Waals surface area contributed by atoms with Gasteiger partial charge in [0.15, 0.2) is 5.82 Å². The van der Waals surface area contributed by atoms with E-state index in [1.807, 2.05) is 18.2 Å². The highest BCUT2D eigenvalue weighted by Gasteiger charge is 2.29. The third-order valence-corrected chi connectivity index (χ3v) is 4.57. The Morgan fingerprint density at radius 2 is 1.96 bits per heavy atom. The zero-order valence-electron chi connectivity index (χ0n) is 12.7. The summed E-state index contributed by atoms with van der Waals surface area (Å²) in [5.41, 5.74) is 0.876. The zero-order chi connectivity index (χ0) is 15.6. The first kappa shape index (κ1) is 14.8. The smallest absolute Gasteiger partial charge is 0.164 e. The van der Waals surface area contributed by atoms with Crippen molar-refractivity contribution in [3.05, 3.63) is 35.7 Å². The lowest BCUT2D eigenvalue weighted by atomic mass is 10.2. The molecule has 0 unspecified atom stereocenters. The van der Waals surface area contributed by atoms with Gasteiger partial charge in [0.1, 0.15) is 11.0 Å². The molecule has 0 spiro atoms.